The zero-order valence-corrected chi connectivity index (χ0v) is 15.3. The molecule has 26 heavy (non-hydrogen) atoms. The van der Waals surface area contributed by atoms with Gasteiger partial charge in [0, 0.05) is 24.1 Å². The summed E-state index contributed by atoms with van der Waals surface area (Å²) >= 11 is 0. The van der Waals surface area contributed by atoms with Crippen LogP contribution in [0.5, 0.6) is 5.75 Å². The van der Waals surface area contributed by atoms with E-state index in [1.54, 1.807) is 13.2 Å². The summed E-state index contributed by atoms with van der Waals surface area (Å²) in [5, 5.41) is 18.1. The number of carbonyl (C=O) groups is 1. The van der Waals surface area contributed by atoms with Gasteiger partial charge in [0.2, 0.25) is 0 Å². The number of methoxy groups -OCH3 is 1. The number of benzene rings is 1. The van der Waals surface area contributed by atoms with E-state index in [4.69, 9.17) is 10.00 Å². The lowest BCUT2D eigenvalue weighted by molar-refractivity contribution is -0.124. The summed E-state index contributed by atoms with van der Waals surface area (Å²) < 4.78 is 7.23. The van der Waals surface area contributed by atoms with Gasteiger partial charge in [-0.15, -0.1) is 0 Å². The highest BCUT2D eigenvalue weighted by molar-refractivity contribution is 6.01. The van der Waals surface area contributed by atoms with Crippen LogP contribution < -0.4 is 4.74 Å². The van der Waals surface area contributed by atoms with E-state index in [0.29, 0.717) is 0 Å². The first-order valence-electron chi connectivity index (χ1n) is 8.00. The van der Waals surface area contributed by atoms with E-state index in [2.05, 4.69) is 0 Å². The van der Waals surface area contributed by atoms with Gasteiger partial charge in [0.15, 0.2) is 0 Å². The van der Waals surface area contributed by atoms with E-state index in [-0.39, 0.29) is 12.1 Å². The third-order valence-corrected chi connectivity index (χ3v) is 4.11. The Morgan fingerprint density at radius 2 is 1.92 bits per heavy atom. The Labute approximate surface area is 153 Å². The van der Waals surface area contributed by atoms with Crippen LogP contribution in [0, 0.1) is 36.5 Å². The molecule has 0 saturated carbocycles. The smallest absolute Gasteiger partial charge is 0.265 e. The van der Waals surface area contributed by atoms with Gasteiger partial charge in [0.05, 0.1) is 13.2 Å². The molecule has 0 unspecified atom stereocenters. The lowest BCUT2D eigenvalue weighted by Crippen LogP contribution is -2.27. The maximum absolute atomic E-state index is 12.3. The van der Waals surface area contributed by atoms with Crippen LogP contribution in [0.2, 0.25) is 0 Å². The largest absolute Gasteiger partial charge is 0.497 e. The van der Waals surface area contributed by atoms with Crippen molar-refractivity contribution in [1.29, 1.82) is 10.5 Å². The summed E-state index contributed by atoms with van der Waals surface area (Å²) in [5.41, 5.74) is 3.64. The maximum atomic E-state index is 12.3. The molecule has 0 radical (unpaired) electrons. The summed E-state index contributed by atoms with van der Waals surface area (Å²) in [7, 11) is 3.12. The van der Waals surface area contributed by atoms with Crippen molar-refractivity contribution >= 4 is 12.0 Å². The zero-order valence-electron chi connectivity index (χ0n) is 15.3. The van der Waals surface area contributed by atoms with E-state index >= 15 is 0 Å². The van der Waals surface area contributed by atoms with Crippen molar-refractivity contribution in [2.45, 2.75) is 13.8 Å². The molecule has 0 N–H and O–H groups in total. The number of hydrogen-bond acceptors (Lipinski definition) is 4. The molecule has 1 aromatic heterocycles. The third kappa shape index (κ3) is 3.76. The Morgan fingerprint density at radius 3 is 2.46 bits per heavy atom. The molecule has 0 spiro atoms. The highest BCUT2D eigenvalue weighted by Gasteiger charge is 2.16. The molecule has 0 aliphatic carbocycles. The fourth-order valence-electron chi connectivity index (χ4n) is 2.74. The first-order chi connectivity index (χ1) is 12.4. The molecule has 1 aromatic carbocycles. The molecule has 0 saturated heterocycles. The number of hydrogen-bond donors (Lipinski definition) is 0. The number of nitriles is 2. The minimum Gasteiger partial charge on any atom is -0.497 e. The Balaban J connectivity index is 2.44. The summed E-state index contributed by atoms with van der Waals surface area (Å²) in [6.07, 6.45) is 1.57. The van der Waals surface area contributed by atoms with Gasteiger partial charge in [-0.3, -0.25) is 4.79 Å². The van der Waals surface area contributed by atoms with Crippen LogP contribution in [-0.4, -0.2) is 36.1 Å². The van der Waals surface area contributed by atoms with Gasteiger partial charge in [-0.05, 0) is 55.8 Å². The van der Waals surface area contributed by atoms with Crippen molar-refractivity contribution < 1.29 is 9.53 Å². The predicted octanol–water partition coefficient (Wildman–Crippen LogP) is 2.99. The minimum absolute atomic E-state index is 0.00210. The number of nitrogens with zero attached hydrogens (tertiary/aromatic N) is 4. The Bertz CT molecular complexity index is 924. The van der Waals surface area contributed by atoms with Crippen LogP contribution in [0.1, 0.15) is 17.0 Å². The predicted molar refractivity (Wildman–Crippen MR) is 98.6 cm³/mol. The molecule has 0 aliphatic rings. The second-order valence-corrected chi connectivity index (χ2v) is 5.85. The Morgan fingerprint density at radius 1 is 1.27 bits per heavy atom. The van der Waals surface area contributed by atoms with Gasteiger partial charge in [-0.25, -0.2) is 0 Å². The van der Waals surface area contributed by atoms with Gasteiger partial charge in [-0.1, -0.05) is 0 Å². The topological polar surface area (TPSA) is 82.1 Å². The molecular weight excluding hydrogens is 328 g/mol. The molecule has 1 heterocycles. The second kappa shape index (κ2) is 8.04. The van der Waals surface area contributed by atoms with Crippen molar-refractivity contribution in [3.8, 4) is 23.6 Å². The van der Waals surface area contributed by atoms with Crippen LogP contribution in [0.25, 0.3) is 11.8 Å². The van der Waals surface area contributed by atoms with Crippen molar-refractivity contribution in [3.63, 3.8) is 0 Å². The number of rotatable bonds is 5. The summed E-state index contributed by atoms with van der Waals surface area (Å²) in [5.74, 6) is 0.303. The van der Waals surface area contributed by atoms with Crippen LogP contribution in [0.4, 0.5) is 0 Å². The average molecular weight is 348 g/mol. The SMILES string of the molecule is COc1ccc(-n2c(C)cc(C=C(C#N)C(=O)N(C)CC#N)c2C)cc1. The van der Waals surface area contributed by atoms with Gasteiger partial charge in [-0.2, -0.15) is 10.5 Å². The summed E-state index contributed by atoms with van der Waals surface area (Å²) in [6, 6.07) is 13.4. The van der Waals surface area contributed by atoms with Crippen molar-refractivity contribution in [2.24, 2.45) is 0 Å². The molecule has 2 aromatic rings. The molecule has 132 valence electrons. The van der Waals surface area contributed by atoms with Gasteiger partial charge >= 0.3 is 0 Å². The molecule has 0 aliphatic heterocycles. The number of ether oxygens (including phenoxy) is 1. The number of carbonyl (C=O) groups excluding carboxylic acids is 1. The third-order valence-electron chi connectivity index (χ3n) is 4.11. The second-order valence-electron chi connectivity index (χ2n) is 5.85. The van der Waals surface area contributed by atoms with E-state index in [1.807, 2.05) is 60.9 Å². The quantitative estimate of drug-likeness (QED) is 0.472. The molecule has 2 rings (SSSR count). The lowest BCUT2D eigenvalue weighted by Gasteiger charge is -2.12. The highest BCUT2D eigenvalue weighted by atomic mass is 16.5. The molecule has 0 bridgehead atoms. The summed E-state index contributed by atoms with van der Waals surface area (Å²) in [4.78, 5) is 13.5. The van der Waals surface area contributed by atoms with Crippen molar-refractivity contribution in [2.75, 3.05) is 20.7 Å². The number of amides is 1. The standard InChI is InChI=1S/C20H20N4O2/c1-14-11-16(12-17(13-22)20(25)23(3)10-9-21)15(2)24(14)18-5-7-19(26-4)8-6-18/h5-8,11-12H,10H2,1-4H3. The maximum Gasteiger partial charge on any atom is 0.265 e. The first kappa shape index (κ1) is 18.8. The van der Waals surface area contributed by atoms with E-state index in [1.165, 1.54) is 11.9 Å². The van der Waals surface area contributed by atoms with Crippen molar-refractivity contribution in [3.05, 3.63) is 52.9 Å². The number of aryl methyl sites for hydroxylation is 1. The monoisotopic (exact) mass is 348 g/mol. The zero-order chi connectivity index (χ0) is 19.3. The van der Waals surface area contributed by atoms with E-state index < -0.39 is 5.91 Å². The van der Waals surface area contributed by atoms with Crippen LogP contribution in [0.3, 0.4) is 0 Å². The molecule has 6 heteroatoms. The molecular formula is C20H20N4O2. The van der Waals surface area contributed by atoms with Crippen LogP contribution in [-0.2, 0) is 4.79 Å². The minimum atomic E-state index is -0.469. The summed E-state index contributed by atoms with van der Waals surface area (Å²) in [6.45, 7) is 3.83. The van der Waals surface area contributed by atoms with E-state index in [0.717, 1.165) is 28.4 Å². The van der Waals surface area contributed by atoms with Crippen LogP contribution in [0.15, 0.2) is 35.9 Å². The fraction of sp³-hybridized carbons (Fsp3) is 0.250. The average Bonchev–Trinajstić information content (AvgIpc) is 2.92. The van der Waals surface area contributed by atoms with Gasteiger partial charge < -0.3 is 14.2 Å². The lowest BCUT2D eigenvalue weighted by atomic mass is 10.1. The molecule has 1 amide bonds. The molecule has 0 fully saturated rings. The Hall–Kier alpha value is -3.51. The number of aromatic nitrogens is 1. The fourth-order valence-corrected chi connectivity index (χ4v) is 2.74. The van der Waals surface area contributed by atoms with Gasteiger partial charge in [0.1, 0.15) is 23.9 Å². The Kier molecular flexibility index (Phi) is 5.82. The van der Waals surface area contributed by atoms with Gasteiger partial charge in [0.25, 0.3) is 5.91 Å². The van der Waals surface area contributed by atoms with Crippen molar-refractivity contribution in [1.82, 2.24) is 9.47 Å². The molecule has 0 atom stereocenters. The van der Waals surface area contributed by atoms with Crippen LogP contribution >= 0.6 is 0 Å². The highest BCUT2D eigenvalue weighted by Crippen LogP contribution is 2.24. The number of likely N-dealkylation sites (N-methyl/N-ethyl adjacent to an activating group) is 1. The molecule has 6 nitrogen and oxygen atoms in total. The normalized spacial score (nSPS) is 10.8. The van der Waals surface area contributed by atoms with E-state index in [9.17, 15) is 10.1 Å². The first-order valence-corrected chi connectivity index (χ1v) is 8.00.